The fourth-order valence-electron chi connectivity index (χ4n) is 3.01. The number of aromatic nitrogens is 1. The molecule has 1 amide bonds. The average molecular weight is 367 g/mol. The lowest BCUT2D eigenvalue weighted by molar-refractivity contribution is -0.123. The van der Waals surface area contributed by atoms with E-state index in [0.29, 0.717) is 24.2 Å². The number of carbonyl (C=O) groups excluding carboxylic acids is 1. The van der Waals surface area contributed by atoms with Crippen molar-refractivity contribution >= 4 is 27.0 Å². The molecule has 0 radical (unpaired) electrons. The second kappa shape index (κ2) is 7.01. The number of oxazole rings is 1. The topological polar surface area (TPSA) is 102 Å². The Morgan fingerprint density at radius 1 is 1.28 bits per heavy atom. The van der Waals surface area contributed by atoms with Crippen LogP contribution in [0.3, 0.4) is 0 Å². The minimum absolute atomic E-state index is 0.00649. The van der Waals surface area contributed by atoms with E-state index in [2.05, 4.69) is 5.32 Å². The van der Waals surface area contributed by atoms with E-state index in [0.717, 1.165) is 12.8 Å². The first kappa shape index (κ1) is 17.7. The fraction of sp³-hybridized carbons (Fsp3) is 0.500. The second-order valence-corrected chi connectivity index (χ2v) is 8.18. The Bertz CT molecular complexity index is 925. The molecular formula is C16H21N3O5S. The quantitative estimate of drug-likeness (QED) is 0.810. The summed E-state index contributed by atoms with van der Waals surface area (Å²) in [6.07, 6.45) is 1.75. The first-order valence-corrected chi connectivity index (χ1v) is 9.87. The molecule has 8 nitrogen and oxygen atoms in total. The standard InChI is InChI=1S/C16H21N3O5S/c1-12(19-13-6-2-3-7-14(13)24-16(19)21)15(20)17-8-11-25(22,23)18-9-4-5-10-18/h2-3,6-7,12H,4-5,8-11H2,1H3,(H,17,20)/t12-/m1/s1. The number of hydrogen-bond donors (Lipinski definition) is 1. The molecule has 1 aromatic carbocycles. The van der Waals surface area contributed by atoms with Crippen LogP contribution in [-0.2, 0) is 14.8 Å². The Labute approximate surface area is 145 Å². The molecule has 9 heteroatoms. The van der Waals surface area contributed by atoms with Gasteiger partial charge in [0.25, 0.3) is 0 Å². The highest BCUT2D eigenvalue weighted by atomic mass is 32.2. The molecule has 3 rings (SSSR count). The van der Waals surface area contributed by atoms with E-state index in [1.165, 1.54) is 8.87 Å². The van der Waals surface area contributed by atoms with Gasteiger partial charge in [0.15, 0.2) is 5.58 Å². The summed E-state index contributed by atoms with van der Waals surface area (Å²) in [6, 6.07) is 6.04. The van der Waals surface area contributed by atoms with Gasteiger partial charge in [-0.3, -0.25) is 9.36 Å². The second-order valence-electron chi connectivity index (χ2n) is 6.09. The molecule has 136 valence electrons. The molecular weight excluding hydrogens is 346 g/mol. The summed E-state index contributed by atoms with van der Waals surface area (Å²) in [7, 11) is -3.35. The largest absolute Gasteiger partial charge is 0.420 e. The van der Waals surface area contributed by atoms with E-state index in [1.807, 2.05) is 0 Å². The summed E-state index contributed by atoms with van der Waals surface area (Å²) in [5.74, 6) is -1.19. The van der Waals surface area contributed by atoms with Gasteiger partial charge in [-0.25, -0.2) is 17.5 Å². The SMILES string of the molecule is C[C@H](C(=O)NCCS(=O)(=O)N1CCCC1)n1c(=O)oc2ccccc21. The average Bonchev–Trinajstić information content (AvgIpc) is 3.21. The molecule has 25 heavy (non-hydrogen) atoms. The highest BCUT2D eigenvalue weighted by molar-refractivity contribution is 7.89. The van der Waals surface area contributed by atoms with Crippen molar-refractivity contribution in [1.29, 1.82) is 0 Å². The van der Waals surface area contributed by atoms with Crippen LogP contribution in [0.15, 0.2) is 33.5 Å². The number of fused-ring (bicyclic) bond motifs is 1. The number of para-hydroxylation sites is 2. The molecule has 2 aromatic rings. The minimum Gasteiger partial charge on any atom is -0.408 e. The van der Waals surface area contributed by atoms with Crippen LogP contribution in [0.25, 0.3) is 11.1 Å². The molecule has 1 aliphatic heterocycles. The Kier molecular flexibility index (Phi) is 4.96. The third kappa shape index (κ3) is 3.62. The van der Waals surface area contributed by atoms with Gasteiger partial charge in [-0.2, -0.15) is 0 Å². The van der Waals surface area contributed by atoms with E-state index < -0.39 is 27.7 Å². The number of benzene rings is 1. The molecule has 1 aromatic heterocycles. The van der Waals surface area contributed by atoms with Crippen LogP contribution in [0.5, 0.6) is 0 Å². The van der Waals surface area contributed by atoms with Gasteiger partial charge in [0, 0.05) is 19.6 Å². The number of rotatable bonds is 6. The Hall–Kier alpha value is -2.13. The van der Waals surface area contributed by atoms with E-state index in [9.17, 15) is 18.0 Å². The number of nitrogens with zero attached hydrogens (tertiary/aromatic N) is 2. The maximum absolute atomic E-state index is 12.3. The number of sulfonamides is 1. The Morgan fingerprint density at radius 3 is 2.68 bits per heavy atom. The number of nitrogens with one attached hydrogen (secondary N) is 1. The van der Waals surface area contributed by atoms with Crippen molar-refractivity contribution in [2.45, 2.75) is 25.8 Å². The van der Waals surface area contributed by atoms with E-state index in [1.54, 1.807) is 31.2 Å². The summed E-state index contributed by atoms with van der Waals surface area (Å²) >= 11 is 0. The molecule has 0 bridgehead atoms. The van der Waals surface area contributed by atoms with Crippen molar-refractivity contribution < 1.29 is 17.6 Å². The van der Waals surface area contributed by atoms with E-state index in [-0.39, 0.29) is 12.3 Å². The van der Waals surface area contributed by atoms with Crippen molar-refractivity contribution in [3.05, 3.63) is 34.8 Å². The summed E-state index contributed by atoms with van der Waals surface area (Å²) in [5.41, 5.74) is 0.934. The molecule has 1 atom stereocenters. The van der Waals surface area contributed by atoms with Crippen molar-refractivity contribution in [2.24, 2.45) is 0 Å². The predicted molar refractivity (Wildman–Crippen MR) is 92.8 cm³/mol. The van der Waals surface area contributed by atoms with Crippen LogP contribution in [-0.4, -0.2) is 48.6 Å². The van der Waals surface area contributed by atoms with Gasteiger partial charge in [0.05, 0.1) is 11.3 Å². The molecule has 1 aliphatic rings. The minimum atomic E-state index is -3.35. The number of hydrogen-bond acceptors (Lipinski definition) is 5. The molecule has 0 spiro atoms. The first-order chi connectivity index (χ1) is 11.9. The maximum Gasteiger partial charge on any atom is 0.420 e. The molecule has 1 saturated heterocycles. The van der Waals surface area contributed by atoms with Crippen LogP contribution in [0.2, 0.25) is 0 Å². The van der Waals surface area contributed by atoms with Gasteiger partial charge in [-0.05, 0) is 31.9 Å². The molecule has 0 aliphatic carbocycles. The molecule has 1 fully saturated rings. The zero-order valence-corrected chi connectivity index (χ0v) is 14.8. The van der Waals surface area contributed by atoms with Gasteiger partial charge < -0.3 is 9.73 Å². The van der Waals surface area contributed by atoms with Gasteiger partial charge in [-0.15, -0.1) is 0 Å². The van der Waals surface area contributed by atoms with E-state index >= 15 is 0 Å². The normalized spacial score (nSPS) is 17.0. The highest BCUT2D eigenvalue weighted by Gasteiger charge is 2.26. The summed E-state index contributed by atoms with van der Waals surface area (Å²) in [5, 5.41) is 2.60. The lowest BCUT2D eigenvalue weighted by Crippen LogP contribution is -2.39. The first-order valence-electron chi connectivity index (χ1n) is 8.26. The van der Waals surface area contributed by atoms with Crippen LogP contribution in [0.4, 0.5) is 0 Å². The van der Waals surface area contributed by atoms with Crippen LogP contribution in [0, 0.1) is 0 Å². The van der Waals surface area contributed by atoms with Gasteiger partial charge in [0.1, 0.15) is 6.04 Å². The zero-order valence-electron chi connectivity index (χ0n) is 14.0. The third-order valence-electron chi connectivity index (χ3n) is 4.40. The molecule has 0 unspecified atom stereocenters. The fourth-order valence-corrected chi connectivity index (χ4v) is 4.45. The van der Waals surface area contributed by atoms with Gasteiger partial charge in [-0.1, -0.05) is 12.1 Å². The van der Waals surface area contributed by atoms with Crippen molar-refractivity contribution in [3.63, 3.8) is 0 Å². The molecule has 0 saturated carbocycles. The predicted octanol–water partition coefficient (Wildman–Crippen LogP) is 0.697. The van der Waals surface area contributed by atoms with E-state index in [4.69, 9.17) is 4.42 Å². The van der Waals surface area contributed by atoms with Gasteiger partial charge in [0.2, 0.25) is 15.9 Å². The lowest BCUT2D eigenvalue weighted by atomic mass is 10.2. The summed E-state index contributed by atoms with van der Waals surface area (Å²) < 4.78 is 32.1. The summed E-state index contributed by atoms with van der Waals surface area (Å²) in [6.45, 7) is 2.67. The Morgan fingerprint density at radius 2 is 1.96 bits per heavy atom. The van der Waals surface area contributed by atoms with Gasteiger partial charge >= 0.3 is 5.76 Å². The summed E-state index contributed by atoms with van der Waals surface area (Å²) in [4.78, 5) is 24.3. The van der Waals surface area contributed by atoms with Crippen molar-refractivity contribution in [1.82, 2.24) is 14.2 Å². The third-order valence-corrected chi connectivity index (χ3v) is 6.28. The van der Waals surface area contributed by atoms with Crippen LogP contribution < -0.4 is 11.1 Å². The Balaban J connectivity index is 1.65. The highest BCUT2D eigenvalue weighted by Crippen LogP contribution is 2.17. The maximum atomic E-state index is 12.3. The zero-order chi connectivity index (χ0) is 18.0. The number of carbonyl (C=O) groups is 1. The monoisotopic (exact) mass is 367 g/mol. The van der Waals surface area contributed by atoms with Crippen LogP contribution in [0.1, 0.15) is 25.8 Å². The number of amides is 1. The van der Waals surface area contributed by atoms with Crippen molar-refractivity contribution in [2.75, 3.05) is 25.4 Å². The van der Waals surface area contributed by atoms with Crippen LogP contribution >= 0.6 is 0 Å². The smallest absolute Gasteiger partial charge is 0.408 e. The van der Waals surface area contributed by atoms with Crippen molar-refractivity contribution in [3.8, 4) is 0 Å². The molecule has 1 N–H and O–H groups in total. The molecule has 2 heterocycles. The lowest BCUT2D eigenvalue weighted by Gasteiger charge is -2.17.